The molecule has 21 heteroatoms. The molecule has 1 fully saturated rings. The van der Waals surface area contributed by atoms with Gasteiger partial charge in [-0.2, -0.15) is 26.3 Å². The zero-order valence-corrected chi connectivity index (χ0v) is 33.4. The number of amides is 3. The third-order valence-electron chi connectivity index (χ3n) is 9.41. The highest BCUT2D eigenvalue weighted by Gasteiger charge is 2.37. The number of ether oxygens (including phenoxy) is 4. The lowest BCUT2D eigenvalue weighted by Crippen LogP contribution is -2.47. The largest absolute Gasteiger partial charge is 0.489 e. The van der Waals surface area contributed by atoms with Crippen LogP contribution in [0.3, 0.4) is 0 Å². The van der Waals surface area contributed by atoms with E-state index >= 15 is 0 Å². The summed E-state index contributed by atoms with van der Waals surface area (Å²) in [5, 5.41) is 4.92. The van der Waals surface area contributed by atoms with Crippen molar-refractivity contribution in [2.75, 3.05) is 74.7 Å². The molecule has 2 N–H and O–H groups in total. The summed E-state index contributed by atoms with van der Waals surface area (Å²) < 4.78 is 107. The molecule has 1 saturated heterocycles. The zero-order chi connectivity index (χ0) is 42.5. The fraction of sp³-hybridized carbons (Fsp3) is 0.447. The lowest BCUT2D eigenvalue weighted by atomic mass is 10.1. The average Bonchev–Trinajstić information content (AvgIpc) is 3.17. The molecule has 4 aromatic rings. The molecule has 0 bridgehead atoms. The quantitative estimate of drug-likeness (QED) is 0.110. The maximum atomic E-state index is 14.0. The van der Waals surface area contributed by atoms with E-state index in [1.165, 1.54) is 12.4 Å². The van der Waals surface area contributed by atoms with Crippen LogP contribution < -0.4 is 30.6 Å². The number of benzene rings is 2. The van der Waals surface area contributed by atoms with E-state index in [0.717, 1.165) is 31.6 Å². The highest BCUT2D eigenvalue weighted by Crippen LogP contribution is 2.41. The van der Waals surface area contributed by atoms with Crippen molar-refractivity contribution in [3.8, 4) is 11.5 Å². The van der Waals surface area contributed by atoms with E-state index in [2.05, 4.69) is 36.5 Å². The Morgan fingerprint density at radius 2 is 1.78 bits per heavy atom. The number of morpholine rings is 1. The first-order valence-corrected chi connectivity index (χ1v) is 19.2. The Kier molecular flexibility index (Phi) is 13.6. The standard InChI is InChI=1S/C38H40BrF6N7O7/c1-22-12-31(28(15-27(22)39)48-36(55)49-33-18-46-23(2)17-47-33)59-20-24-19-50(5-10-57-24)34(53)4-3-8-56-9-7-52-29-16-32-30(51(6-11-58-32)21-37(40,41)42)13-25(29)26(14-35(52)54)38(43,44)45/h12-18,24H,3-11,19-21H2,1-2H3,(H2,47,48,49,55)/t24-/m0/s1. The number of carbonyl (C=O) groups is 2. The van der Waals surface area contributed by atoms with Crippen LogP contribution in [-0.4, -0.2) is 103 Å². The first-order chi connectivity index (χ1) is 27.9. The number of rotatable bonds is 13. The number of aryl methyl sites for hydroxylation is 2. The Morgan fingerprint density at radius 1 is 0.983 bits per heavy atom. The fourth-order valence-electron chi connectivity index (χ4n) is 6.56. The van der Waals surface area contributed by atoms with Gasteiger partial charge in [0.1, 0.15) is 37.4 Å². The molecule has 14 nitrogen and oxygen atoms in total. The second-order valence-corrected chi connectivity index (χ2v) is 14.7. The lowest BCUT2D eigenvalue weighted by Gasteiger charge is -2.33. The summed E-state index contributed by atoms with van der Waals surface area (Å²) in [4.78, 5) is 49.5. The van der Waals surface area contributed by atoms with E-state index in [-0.39, 0.29) is 87.8 Å². The second-order valence-electron chi connectivity index (χ2n) is 13.8. The smallest absolute Gasteiger partial charge is 0.417 e. The molecule has 0 radical (unpaired) electrons. The van der Waals surface area contributed by atoms with Gasteiger partial charge >= 0.3 is 18.4 Å². The number of nitrogens with one attached hydrogen (secondary N) is 2. The van der Waals surface area contributed by atoms with Crippen LogP contribution in [0.4, 0.5) is 48.3 Å². The van der Waals surface area contributed by atoms with Gasteiger partial charge in [-0.15, -0.1) is 0 Å². The van der Waals surface area contributed by atoms with E-state index in [4.69, 9.17) is 18.9 Å². The van der Waals surface area contributed by atoms with E-state index in [9.17, 15) is 40.7 Å². The van der Waals surface area contributed by atoms with Crippen LogP contribution in [0.1, 0.15) is 29.7 Å². The summed E-state index contributed by atoms with van der Waals surface area (Å²) >= 11 is 3.47. The molecule has 4 heterocycles. The molecule has 0 unspecified atom stereocenters. The number of pyridine rings is 1. The van der Waals surface area contributed by atoms with Gasteiger partial charge in [0.2, 0.25) is 5.91 Å². The third-order valence-corrected chi connectivity index (χ3v) is 10.3. The van der Waals surface area contributed by atoms with Crippen molar-refractivity contribution < 1.29 is 54.9 Å². The van der Waals surface area contributed by atoms with Crippen molar-refractivity contribution in [2.24, 2.45) is 0 Å². The monoisotopic (exact) mass is 899 g/mol. The van der Waals surface area contributed by atoms with E-state index in [1.807, 2.05) is 6.92 Å². The van der Waals surface area contributed by atoms with Crippen molar-refractivity contribution in [3.05, 3.63) is 74.4 Å². The molecule has 59 heavy (non-hydrogen) atoms. The molecule has 0 aliphatic carbocycles. The molecule has 3 amide bonds. The molecule has 6 rings (SSSR count). The molecule has 2 aliphatic heterocycles. The molecule has 0 saturated carbocycles. The van der Waals surface area contributed by atoms with Crippen molar-refractivity contribution in [1.82, 2.24) is 19.4 Å². The van der Waals surface area contributed by atoms with Crippen LogP contribution in [0.2, 0.25) is 0 Å². The van der Waals surface area contributed by atoms with Crippen LogP contribution in [0.25, 0.3) is 10.9 Å². The van der Waals surface area contributed by atoms with Gasteiger partial charge in [0.15, 0.2) is 5.82 Å². The van der Waals surface area contributed by atoms with E-state index in [1.54, 1.807) is 24.0 Å². The van der Waals surface area contributed by atoms with Crippen LogP contribution in [-0.2, 0) is 27.0 Å². The summed E-state index contributed by atoms with van der Waals surface area (Å²) in [5.41, 5.74) is -0.639. The number of anilines is 3. The maximum absolute atomic E-state index is 14.0. The average molecular weight is 901 g/mol. The summed E-state index contributed by atoms with van der Waals surface area (Å²) in [6.07, 6.45) is -6.66. The van der Waals surface area contributed by atoms with Gasteiger partial charge in [-0.25, -0.2) is 9.78 Å². The van der Waals surface area contributed by atoms with Gasteiger partial charge in [-0.3, -0.25) is 19.9 Å². The molecule has 1 atom stereocenters. The Bertz CT molecular complexity index is 2220. The molecule has 2 aliphatic rings. The fourth-order valence-corrected chi connectivity index (χ4v) is 6.90. The maximum Gasteiger partial charge on any atom is 0.417 e. The first kappa shape index (κ1) is 43.4. The predicted octanol–water partition coefficient (Wildman–Crippen LogP) is 6.70. The van der Waals surface area contributed by atoms with Crippen LogP contribution in [0, 0.1) is 13.8 Å². The Hall–Kier alpha value is -5.15. The Labute approximate surface area is 341 Å². The van der Waals surface area contributed by atoms with E-state index < -0.39 is 47.5 Å². The third kappa shape index (κ3) is 11.3. The zero-order valence-electron chi connectivity index (χ0n) is 31.8. The minimum Gasteiger partial charge on any atom is -0.489 e. The topological polar surface area (TPSA) is 149 Å². The van der Waals surface area contributed by atoms with Crippen molar-refractivity contribution in [1.29, 1.82) is 0 Å². The van der Waals surface area contributed by atoms with Crippen LogP contribution >= 0.6 is 15.9 Å². The molecular formula is C38H40BrF6N7O7. The van der Waals surface area contributed by atoms with Gasteiger partial charge in [-0.1, -0.05) is 15.9 Å². The number of carbonyl (C=O) groups excluding carboxylic acids is 2. The van der Waals surface area contributed by atoms with Crippen molar-refractivity contribution in [3.63, 3.8) is 0 Å². The first-order valence-electron chi connectivity index (χ1n) is 18.4. The Balaban J connectivity index is 1.00. The van der Waals surface area contributed by atoms with Crippen molar-refractivity contribution in [2.45, 2.75) is 51.7 Å². The lowest BCUT2D eigenvalue weighted by molar-refractivity contribution is -0.140. The predicted molar refractivity (Wildman–Crippen MR) is 207 cm³/mol. The van der Waals surface area contributed by atoms with Crippen LogP contribution in [0.15, 0.2) is 52.0 Å². The number of halogens is 7. The number of alkyl halides is 6. The van der Waals surface area contributed by atoms with E-state index in [0.29, 0.717) is 36.2 Å². The minimum atomic E-state index is -4.95. The van der Waals surface area contributed by atoms with Crippen LogP contribution in [0.5, 0.6) is 11.5 Å². The number of fused-ring (bicyclic) bond motifs is 2. The van der Waals surface area contributed by atoms with Gasteiger partial charge in [0, 0.05) is 48.1 Å². The van der Waals surface area contributed by atoms with Gasteiger partial charge in [-0.05, 0) is 44.0 Å². The van der Waals surface area contributed by atoms with Crippen molar-refractivity contribution >= 4 is 56.0 Å². The van der Waals surface area contributed by atoms with Gasteiger partial charge < -0.3 is 38.6 Å². The van der Waals surface area contributed by atoms with Gasteiger partial charge in [0.25, 0.3) is 5.56 Å². The molecule has 318 valence electrons. The summed E-state index contributed by atoms with van der Waals surface area (Å²) in [5.74, 6) is 0.412. The molecular weight excluding hydrogens is 860 g/mol. The number of hydrogen-bond donors (Lipinski definition) is 2. The normalized spacial score (nSPS) is 15.8. The Morgan fingerprint density at radius 3 is 2.51 bits per heavy atom. The molecule has 2 aromatic carbocycles. The summed E-state index contributed by atoms with van der Waals surface area (Å²) in [6.45, 7) is 2.72. The highest BCUT2D eigenvalue weighted by atomic mass is 79.9. The highest BCUT2D eigenvalue weighted by molar-refractivity contribution is 9.10. The number of nitrogens with zero attached hydrogens (tertiary/aromatic N) is 5. The minimum absolute atomic E-state index is 0.0725. The number of aromatic nitrogens is 3. The summed E-state index contributed by atoms with van der Waals surface area (Å²) in [6, 6.07) is 5.45. The molecule has 2 aromatic heterocycles. The number of urea groups is 1. The number of hydrogen-bond acceptors (Lipinski definition) is 10. The summed E-state index contributed by atoms with van der Waals surface area (Å²) in [7, 11) is 0. The SMILES string of the molecule is Cc1cnc(NC(=O)Nc2cc(Br)c(C)cc2OC[C@@H]2CN(C(=O)CCCOCCn3c(=O)cc(C(F)(F)F)c4cc5c(cc43)OCCN5CC(F)(F)F)CCO2)cn1. The second kappa shape index (κ2) is 18.4. The molecule has 0 spiro atoms. The van der Waals surface area contributed by atoms with Gasteiger partial charge in [0.05, 0.1) is 66.8 Å².